The first-order chi connectivity index (χ1) is 12.4. The van der Waals surface area contributed by atoms with E-state index >= 15 is 0 Å². The molecule has 0 radical (unpaired) electrons. The molecule has 0 saturated heterocycles. The van der Waals surface area contributed by atoms with Crippen molar-refractivity contribution in [3.63, 3.8) is 0 Å². The number of aromatic nitrogens is 1. The van der Waals surface area contributed by atoms with Gasteiger partial charge in [0.25, 0.3) is 0 Å². The lowest BCUT2D eigenvalue weighted by Crippen LogP contribution is -2.11. The average molecular weight is 368 g/mol. The van der Waals surface area contributed by atoms with Crippen LogP contribution in [-0.2, 0) is 24.7 Å². The van der Waals surface area contributed by atoms with E-state index in [4.69, 9.17) is 11.6 Å². The highest BCUT2D eigenvalue weighted by molar-refractivity contribution is 6.34. The number of fused-ring (bicyclic) bond motifs is 1. The number of nitrogens with zero attached hydrogens (tertiary/aromatic N) is 1. The quantitative estimate of drug-likeness (QED) is 0.573. The lowest BCUT2D eigenvalue weighted by Gasteiger charge is -2.08. The summed E-state index contributed by atoms with van der Waals surface area (Å²) in [5, 5.41) is 1.49. The molecule has 3 rings (SSSR count). The fraction of sp³-hybridized carbons (Fsp3) is 0.273. The molecule has 0 aliphatic heterocycles. The first-order valence-electron chi connectivity index (χ1n) is 8.74. The maximum Gasteiger partial charge on any atom is 0.168 e. The van der Waals surface area contributed by atoms with E-state index in [9.17, 15) is 9.59 Å². The predicted octanol–water partition coefficient (Wildman–Crippen LogP) is 5.02. The summed E-state index contributed by atoms with van der Waals surface area (Å²) >= 11 is 6.34. The SMILES string of the molecule is CC(C)C(=O)Cc1ccc(C(=O)Cc2cn(C)c3ccccc23)c(Cl)c1. The summed E-state index contributed by atoms with van der Waals surface area (Å²) in [5.41, 5.74) is 3.43. The summed E-state index contributed by atoms with van der Waals surface area (Å²) < 4.78 is 2.03. The Hall–Kier alpha value is -2.39. The van der Waals surface area contributed by atoms with Gasteiger partial charge in [0.2, 0.25) is 0 Å². The van der Waals surface area contributed by atoms with Gasteiger partial charge < -0.3 is 4.57 Å². The molecule has 0 spiro atoms. The van der Waals surface area contributed by atoms with Crippen LogP contribution < -0.4 is 0 Å². The van der Waals surface area contributed by atoms with Gasteiger partial charge >= 0.3 is 0 Å². The first kappa shape index (κ1) is 18.4. The van der Waals surface area contributed by atoms with E-state index < -0.39 is 0 Å². The molecule has 0 unspecified atom stereocenters. The molecule has 0 aliphatic carbocycles. The van der Waals surface area contributed by atoms with E-state index in [0.717, 1.165) is 22.0 Å². The topological polar surface area (TPSA) is 39.1 Å². The molecule has 1 heterocycles. The lowest BCUT2D eigenvalue weighted by molar-refractivity contribution is -0.121. The van der Waals surface area contributed by atoms with Gasteiger partial charge in [0.05, 0.1) is 5.02 Å². The second-order valence-electron chi connectivity index (χ2n) is 6.99. The van der Waals surface area contributed by atoms with Crippen LogP contribution in [0.1, 0.15) is 35.3 Å². The van der Waals surface area contributed by atoms with E-state index in [-0.39, 0.29) is 17.5 Å². The Bertz CT molecular complexity index is 985. The smallest absolute Gasteiger partial charge is 0.168 e. The third-order valence-electron chi connectivity index (χ3n) is 4.69. The minimum Gasteiger partial charge on any atom is -0.350 e. The van der Waals surface area contributed by atoms with Crippen molar-refractivity contribution in [2.75, 3.05) is 0 Å². The number of hydrogen-bond donors (Lipinski definition) is 0. The molecule has 0 fully saturated rings. The summed E-state index contributed by atoms with van der Waals surface area (Å²) in [4.78, 5) is 24.7. The molecule has 134 valence electrons. The van der Waals surface area contributed by atoms with Crippen molar-refractivity contribution in [1.29, 1.82) is 0 Å². The standard InChI is InChI=1S/C22H22ClNO2/c1-14(2)21(25)11-15-8-9-18(19(23)10-15)22(26)12-16-13-24(3)20-7-5-4-6-17(16)20/h4-10,13-14H,11-12H2,1-3H3. The molecule has 3 nitrogen and oxygen atoms in total. The number of Topliss-reactive ketones (excluding diaryl/α,β-unsaturated/α-hetero) is 2. The molecule has 0 bridgehead atoms. The normalized spacial score (nSPS) is 11.3. The molecule has 0 aliphatic rings. The van der Waals surface area contributed by atoms with Crippen molar-refractivity contribution >= 4 is 34.1 Å². The molecule has 2 aromatic carbocycles. The van der Waals surface area contributed by atoms with E-state index in [1.54, 1.807) is 12.1 Å². The van der Waals surface area contributed by atoms with Crippen LogP contribution >= 0.6 is 11.6 Å². The highest BCUT2D eigenvalue weighted by Gasteiger charge is 2.16. The van der Waals surface area contributed by atoms with E-state index in [0.29, 0.717) is 23.4 Å². The third kappa shape index (κ3) is 3.73. The number of aryl methyl sites for hydroxylation is 1. The Morgan fingerprint density at radius 3 is 2.50 bits per heavy atom. The van der Waals surface area contributed by atoms with Gasteiger partial charge in [-0.25, -0.2) is 0 Å². The lowest BCUT2D eigenvalue weighted by atomic mass is 9.97. The van der Waals surface area contributed by atoms with Gasteiger partial charge in [-0.3, -0.25) is 9.59 Å². The summed E-state index contributed by atoms with van der Waals surface area (Å²) in [5.74, 6) is 0.130. The Labute approximate surface area is 158 Å². The van der Waals surface area contributed by atoms with Crippen LogP contribution in [0.4, 0.5) is 0 Å². The van der Waals surface area contributed by atoms with Crippen molar-refractivity contribution in [2.24, 2.45) is 13.0 Å². The van der Waals surface area contributed by atoms with Crippen molar-refractivity contribution in [3.8, 4) is 0 Å². The number of halogens is 1. The predicted molar refractivity (Wildman–Crippen MR) is 106 cm³/mol. The number of para-hydroxylation sites is 1. The zero-order valence-corrected chi connectivity index (χ0v) is 16.0. The molecule has 4 heteroatoms. The van der Waals surface area contributed by atoms with Crippen LogP contribution in [0.15, 0.2) is 48.7 Å². The summed E-state index contributed by atoms with van der Waals surface area (Å²) in [7, 11) is 1.98. The van der Waals surface area contributed by atoms with Crippen molar-refractivity contribution in [1.82, 2.24) is 4.57 Å². The molecule has 1 aromatic heterocycles. The van der Waals surface area contributed by atoms with Crippen LogP contribution in [-0.4, -0.2) is 16.1 Å². The molecule has 0 amide bonds. The number of carbonyl (C=O) groups is 2. The van der Waals surface area contributed by atoms with E-state index in [1.807, 2.05) is 62.0 Å². The summed E-state index contributed by atoms with van der Waals surface area (Å²) in [6, 6.07) is 13.3. The van der Waals surface area contributed by atoms with Crippen LogP contribution in [0.2, 0.25) is 5.02 Å². The maximum absolute atomic E-state index is 12.8. The average Bonchev–Trinajstić information content (AvgIpc) is 2.91. The Morgan fingerprint density at radius 1 is 1.08 bits per heavy atom. The monoisotopic (exact) mass is 367 g/mol. The zero-order chi connectivity index (χ0) is 18.8. The van der Waals surface area contributed by atoms with Crippen LogP contribution in [0, 0.1) is 5.92 Å². The molecule has 0 N–H and O–H groups in total. The fourth-order valence-electron chi connectivity index (χ4n) is 3.13. The minimum absolute atomic E-state index is 0.0126. The van der Waals surface area contributed by atoms with Crippen molar-refractivity contribution in [3.05, 3.63) is 70.4 Å². The number of benzene rings is 2. The van der Waals surface area contributed by atoms with Gasteiger partial charge in [0.15, 0.2) is 5.78 Å². The van der Waals surface area contributed by atoms with Crippen LogP contribution in [0.25, 0.3) is 10.9 Å². The van der Waals surface area contributed by atoms with Gasteiger partial charge in [0, 0.05) is 48.5 Å². The van der Waals surface area contributed by atoms with Crippen molar-refractivity contribution < 1.29 is 9.59 Å². The number of ketones is 2. The van der Waals surface area contributed by atoms with Crippen LogP contribution in [0.5, 0.6) is 0 Å². The fourth-order valence-corrected chi connectivity index (χ4v) is 3.44. The maximum atomic E-state index is 12.8. The Balaban J connectivity index is 1.82. The second-order valence-corrected chi connectivity index (χ2v) is 7.40. The Morgan fingerprint density at radius 2 is 1.81 bits per heavy atom. The molecule has 3 aromatic rings. The molecular weight excluding hydrogens is 346 g/mol. The van der Waals surface area contributed by atoms with Gasteiger partial charge in [-0.15, -0.1) is 0 Å². The molecule has 26 heavy (non-hydrogen) atoms. The first-order valence-corrected chi connectivity index (χ1v) is 9.12. The number of hydrogen-bond acceptors (Lipinski definition) is 2. The molecular formula is C22H22ClNO2. The highest BCUT2D eigenvalue weighted by Crippen LogP contribution is 2.25. The van der Waals surface area contributed by atoms with Gasteiger partial charge in [-0.1, -0.05) is 49.7 Å². The van der Waals surface area contributed by atoms with E-state index in [2.05, 4.69) is 0 Å². The van der Waals surface area contributed by atoms with Gasteiger partial charge in [0.1, 0.15) is 5.78 Å². The van der Waals surface area contributed by atoms with Gasteiger partial charge in [-0.2, -0.15) is 0 Å². The zero-order valence-electron chi connectivity index (χ0n) is 15.3. The van der Waals surface area contributed by atoms with E-state index in [1.165, 1.54) is 0 Å². The van der Waals surface area contributed by atoms with Crippen molar-refractivity contribution in [2.45, 2.75) is 26.7 Å². The molecule has 0 saturated carbocycles. The minimum atomic E-state index is -0.0203. The Kier molecular flexibility index (Phi) is 5.28. The number of carbonyl (C=O) groups excluding carboxylic acids is 2. The number of rotatable bonds is 6. The highest BCUT2D eigenvalue weighted by atomic mass is 35.5. The largest absolute Gasteiger partial charge is 0.350 e. The van der Waals surface area contributed by atoms with Crippen LogP contribution in [0.3, 0.4) is 0 Å². The second kappa shape index (κ2) is 7.46. The summed E-state index contributed by atoms with van der Waals surface area (Å²) in [6.45, 7) is 3.76. The molecule has 0 atom stereocenters. The summed E-state index contributed by atoms with van der Waals surface area (Å²) in [6.07, 6.45) is 2.63. The third-order valence-corrected chi connectivity index (χ3v) is 5.00. The van der Waals surface area contributed by atoms with Gasteiger partial charge in [-0.05, 0) is 29.3 Å².